The van der Waals surface area contributed by atoms with E-state index in [1.165, 1.54) is 0 Å². The Bertz CT molecular complexity index is 1240. The summed E-state index contributed by atoms with van der Waals surface area (Å²) < 4.78 is 79.0. The van der Waals surface area contributed by atoms with E-state index in [2.05, 4.69) is 15.5 Å². The Morgan fingerprint density at radius 3 is 1.95 bits per heavy atom. The zero-order chi connectivity index (χ0) is 28.2. The van der Waals surface area contributed by atoms with Crippen LogP contribution >= 0.6 is 0 Å². The number of benzene rings is 3. The molecule has 3 N–H and O–H groups in total. The van der Waals surface area contributed by atoms with E-state index < -0.39 is 35.2 Å². The average Bonchev–Trinajstić information content (AvgIpc) is 2.89. The predicted molar refractivity (Wildman–Crippen MR) is 135 cm³/mol. The van der Waals surface area contributed by atoms with E-state index in [4.69, 9.17) is 0 Å². The van der Waals surface area contributed by atoms with Crippen LogP contribution in [0.5, 0.6) is 5.75 Å². The van der Waals surface area contributed by atoms with Crippen molar-refractivity contribution in [1.82, 2.24) is 10.2 Å². The van der Waals surface area contributed by atoms with Gasteiger partial charge >= 0.3 is 18.4 Å². The van der Waals surface area contributed by atoms with Gasteiger partial charge in [-0.2, -0.15) is 26.3 Å². The summed E-state index contributed by atoms with van der Waals surface area (Å²) in [6.07, 6.45) is -10.0. The van der Waals surface area contributed by atoms with Gasteiger partial charge in [0.25, 0.3) is 0 Å². The largest absolute Gasteiger partial charge is 0.506 e. The molecule has 1 fully saturated rings. The van der Waals surface area contributed by atoms with Gasteiger partial charge in [-0.1, -0.05) is 42.5 Å². The van der Waals surface area contributed by atoms with Crippen LogP contribution in [-0.2, 0) is 12.4 Å². The molecule has 0 radical (unpaired) electrons. The molecular weight excluding hydrogens is 526 g/mol. The maximum Gasteiger partial charge on any atom is 0.416 e. The van der Waals surface area contributed by atoms with E-state index >= 15 is 0 Å². The number of alkyl halides is 6. The van der Waals surface area contributed by atoms with Crippen LogP contribution < -0.4 is 15.5 Å². The van der Waals surface area contributed by atoms with Crippen molar-refractivity contribution >= 4 is 17.4 Å². The smallest absolute Gasteiger partial charge is 0.416 e. The molecule has 39 heavy (non-hydrogen) atoms. The molecule has 0 bridgehead atoms. The minimum absolute atomic E-state index is 0.00332. The maximum absolute atomic E-state index is 13.2. The summed E-state index contributed by atoms with van der Waals surface area (Å²) in [6, 6.07) is 15.9. The number of rotatable bonds is 6. The fourth-order valence-electron chi connectivity index (χ4n) is 4.53. The van der Waals surface area contributed by atoms with Crippen LogP contribution in [0, 0.1) is 0 Å². The summed E-state index contributed by atoms with van der Waals surface area (Å²) in [5, 5.41) is 14.9. The number of carbonyl (C=O) groups excluding carboxylic acids is 1. The van der Waals surface area contributed by atoms with E-state index in [0.29, 0.717) is 44.0 Å². The Morgan fingerprint density at radius 1 is 0.821 bits per heavy atom. The molecule has 1 aliphatic heterocycles. The van der Waals surface area contributed by atoms with E-state index in [1.807, 2.05) is 47.4 Å². The van der Waals surface area contributed by atoms with Gasteiger partial charge in [-0.15, -0.1) is 0 Å². The molecule has 3 aromatic carbocycles. The van der Waals surface area contributed by atoms with Crippen molar-refractivity contribution in [3.05, 3.63) is 89.5 Å². The highest BCUT2D eigenvalue weighted by molar-refractivity contribution is 5.89. The van der Waals surface area contributed by atoms with Crippen molar-refractivity contribution in [2.24, 2.45) is 0 Å². The van der Waals surface area contributed by atoms with Crippen LogP contribution in [0.1, 0.15) is 22.7 Å². The standard InChI is InChI=1S/C27H26F6N4O2/c28-26(29,30)19-14-20(27(31,32)33)16-21(15-19)35-25(39)34-17-23(18-6-2-1-3-7-18)37-12-10-36(11-13-37)22-8-4-5-9-24(22)38/h1-9,14-16,23,38H,10-13,17H2,(H2,34,35,39). The van der Waals surface area contributed by atoms with E-state index in [-0.39, 0.29) is 24.4 Å². The lowest BCUT2D eigenvalue weighted by Gasteiger charge is -2.40. The third kappa shape index (κ3) is 7.14. The molecule has 0 aliphatic carbocycles. The van der Waals surface area contributed by atoms with Crippen molar-refractivity contribution in [3.8, 4) is 5.75 Å². The monoisotopic (exact) mass is 552 g/mol. The Kier molecular flexibility index (Phi) is 8.24. The number of hydrogen-bond donors (Lipinski definition) is 3. The molecule has 2 amide bonds. The van der Waals surface area contributed by atoms with Crippen molar-refractivity contribution in [1.29, 1.82) is 0 Å². The van der Waals surface area contributed by atoms with Crippen LogP contribution in [0.15, 0.2) is 72.8 Å². The molecule has 1 saturated heterocycles. The summed E-state index contributed by atoms with van der Waals surface area (Å²) in [5.41, 5.74) is -2.06. The first-order chi connectivity index (χ1) is 18.4. The number of nitrogens with one attached hydrogen (secondary N) is 2. The van der Waals surface area contributed by atoms with Crippen molar-refractivity contribution in [2.45, 2.75) is 18.4 Å². The second-order valence-corrected chi connectivity index (χ2v) is 9.07. The van der Waals surface area contributed by atoms with Gasteiger partial charge in [-0.05, 0) is 35.9 Å². The first-order valence-corrected chi connectivity index (χ1v) is 12.1. The number of anilines is 2. The van der Waals surface area contributed by atoms with Crippen molar-refractivity contribution in [2.75, 3.05) is 42.9 Å². The molecule has 6 nitrogen and oxygen atoms in total. The van der Waals surface area contributed by atoms with Gasteiger partial charge in [0.05, 0.1) is 22.9 Å². The minimum Gasteiger partial charge on any atom is -0.506 e. The van der Waals surface area contributed by atoms with Gasteiger partial charge in [-0.25, -0.2) is 4.79 Å². The quantitative estimate of drug-likeness (QED) is 0.323. The molecule has 12 heteroatoms. The number of halogens is 6. The fraction of sp³-hybridized carbons (Fsp3) is 0.296. The lowest BCUT2D eigenvalue weighted by Crippen LogP contribution is -2.50. The molecule has 4 rings (SSSR count). The third-order valence-electron chi connectivity index (χ3n) is 6.46. The average molecular weight is 553 g/mol. The Morgan fingerprint density at radius 2 is 1.38 bits per heavy atom. The zero-order valence-corrected chi connectivity index (χ0v) is 20.6. The van der Waals surface area contributed by atoms with Crippen LogP contribution in [0.25, 0.3) is 0 Å². The zero-order valence-electron chi connectivity index (χ0n) is 20.6. The summed E-state index contributed by atoms with van der Waals surface area (Å²) in [4.78, 5) is 16.8. The Hall–Kier alpha value is -3.93. The number of urea groups is 1. The highest BCUT2D eigenvalue weighted by atomic mass is 19.4. The van der Waals surface area contributed by atoms with Crippen molar-refractivity contribution in [3.63, 3.8) is 0 Å². The van der Waals surface area contributed by atoms with E-state index in [1.54, 1.807) is 12.1 Å². The van der Waals surface area contributed by atoms with Gasteiger partial charge in [-0.3, -0.25) is 4.90 Å². The lowest BCUT2D eigenvalue weighted by atomic mass is 10.0. The third-order valence-corrected chi connectivity index (χ3v) is 6.46. The number of carbonyl (C=O) groups is 1. The highest BCUT2D eigenvalue weighted by Crippen LogP contribution is 2.37. The number of phenolic OH excluding ortho intramolecular Hbond substituents is 1. The number of para-hydroxylation sites is 2. The first kappa shape index (κ1) is 28.1. The van der Waals surface area contributed by atoms with Gasteiger partial charge in [0, 0.05) is 38.4 Å². The first-order valence-electron chi connectivity index (χ1n) is 12.1. The lowest BCUT2D eigenvalue weighted by molar-refractivity contribution is -0.143. The van der Waals surface area contributed by atoms with E-state index in [0.717, 1.165) is 5.56 Å². The molecule has 0 spiro atoms. The topological polar surface area (TPSA) is 67.8 Å². The van der Waals surface area contributed by atoms with E-state index in [9.17, 15) is 36.2 Å². The highest BCUT2D eigenvalue weighted by Gasteiger charge is 2.37. The summed E-state index contributed by atoms with van der Waals surface area (Å²) in [7, 11) is 0. The molecule has 1 atom stereocenters. The molecule has 208 valence electrons. The second kappa shape index (κ2) is 11.4. The van der Waals surface area contributed by atoms with Gasteiger partial charge in [0.2, 0.25) is 0 Å². The summed E-state index contributed by atoms with van der Waals surface area (Å²) >= 11 is 0. The number of phenols is 1. The van der Waals surface area contributed by atoms with Gasteiger partial charge < -0.3 is 20.6 Å². The summed E-state index contributed by atoms with van der Waals surface area (Å²) in [6.45, 7) is 2.41. The number of amides is 2. The van der Waals surface area contributed by atoms with Crippen LogP contribution in [0.2, 0.25) is 0 Å². The molecular formula is C27H26F6N4O2. The summed E-state index contributed by atoms with van der Waals surface area (Å²) in [5.74, 6) is 0.173. The number of piperazine rings is 1. The molecule has 0 saturated carbocycles. The second-order valence-electron chi connectivity index (χ2n) is 9.07. The molecule has 1 aliphatic rings. The van der Waals surface area contributed by atoms with Gasteiger partial charge in [0.1, 0.15) is 5.75 Å². The molecule has 3 aromatic rings. The Labute approximate surface area is 220 Å². The number of hydrogen-bond acceptors (Lipinski definition) is 4. The molecule has 1 heterocycles. The SMILES string of the molecule is O=C(NCC(c1ccccc1)N1CCN(c2ccccc2O)CC1)Nc1cc(C(F)(F)F)cc(C(F)(F)F)c1. The van der Waals surface area contributed by atoms with Crippen LogP contribution in [0.4, 0.5) is 42.5 Å². The minimum atomic E-state index is -5.02. The fourth-order valence-corrected chi connectivity index (χ4v) is 4.53. The molecule has 0 aromatic heterocycles. The van der Waals surface area contributed by atoms with Crippen LogP contribution in [-0.4, -0.2) is 48.8 Å². The number of aromatic hydroxyl groups is 1. The van der Waals surface area contributed by atoms with Crippen molar-refractivity contribution < 1.29 is 36.2 Å². The normalized spacial score (nSPS) is 15.6. The number of nitrogens with zero attached hydrogens (tertiary/aromatic N) is 2. The maximum atomic E-state index is 13.2. The van der Waals surface area contributed by atoms with Crippen LogP contribution in [0.3, 0.4) is 0 Å². The molecule has 1 unspecified atom stereocenters. The predicted octanol–water partition coefficient (Wildman–Crippen LogP) is 6.11. The Balaban J connectivity index is 1.45. The van der Waals surface area contributed by atoms with Gasteiger partial charge in [0.15, 0.2) is 0 Å².